The monoisotopic (exact) mass is 559 g/mol. The van der Waals surface area contributed by atoms with Gasteiger partial charge in [0.05, 0.1) is 32.5 Å². The Balaban J connectivity index is 1.89. The van der Waals surface area contributed by atoms with Crippen molar-refractivity contribution >= 4 is 26.7 Å². The van der Waals surface area contributed by atoms with E-state index in [1.807, 2.05) is 0 Å². The molecule has 0 atom stereocenters. The van der Waals surface area contributed by atoms with Crippen LogP contribution in [0.4, 0.5) is 32.0 Å². The first kappa shape index (κ1) is 26.6. The van der Waals surface area contributed by atoms with Crippen LogP contribution in [0.25, 0.3) is 22.3 Å². The Morgan fingerprint density at radius 2 is 1.50 bits per heavy atom. The number of para-hydroxylation sites is 1. The average molecular weight is 559 g/mol. The Bertz CT molecular complexity index is 1720. The summed E-state index contributed by atoms with van der Waals surface area (Å²) in [5, 5.41) is 11.4. The van der Waals surface area contributed by atoms with Gasteiger partial charge in [-0.15, -0.1) is 0 Å². The van der Waals surface area contributed by atoms with E-state index in [2.05, 4.69) is 9.97 Å². The number of nitrogens with zero attached hydrogens (tertiary/aromatic N) is 2. The summed E-state index contributed by atoms with van der Waals surface area (Å²) in [7, 11) is -5.38. The van der Waals surface area contributed by atoms with Crippen LogP contribution in [0.15, 0.2) is 70.4 Å². The van der Waals surface area contributed by atoms with Crippen LogP contribution in [0.3, 0.4) is 0 Å². The number of rotatable bonds is 5. The number of nitro groups is 1. The van der Waals surface area contributed by atoms with Crippen LogP contribution in [0.2, 0.25) is 0 Å². The van der Waals surface area contributed by atoms with Crippen LogP contribution in [0, 0.1) is 10.1 Å². The van der Waals surface area contributed by atoms with E-state index in [4.69, 9.17) is 4.18 Å². The van der Waals surface area contributed by atoms with Crippen molar-refractivity contribution in [2.24, 2.45) is 0 Å². The zero-order chi connectivity index (χ0) is 28.0. The van der Waals surface area contributed by atoms with Gasteiger partial charge in [-0.1, -0.05) is 12.1 Å². The number of aromatic nitrogens is 2. The molecule has 0 amide bonds. The maximum Gasteiger partial charge on any atom is 0.416 e. The van der Waals surface area contributed by atoms with Crippen LogP contribution >= 0.6 is 0 Å². The summed E-state index contributed by atoms with van der Waals surface area (Å²) >= 11 is 0. The van der Waals surface area contributed by atoms with E-state index in [-0.39, 0.29) is 29.1 Å². The smallest absolute Gasteiger partial charge is 0.378 e. The van der Waals surface area contributed by atoms with Crippen LogP contribution < -0.4 is 9.74 Å². The van der Waals surface area contributed by atoms with Crippen molar-refractivity contribution in [3.63, 3.8) is 0 Å². The van der Waals surface area contributed by atoms with Crippen molar-refractivity contribution in [3.05, 3.63) is 92.3 Å². The lowest BCUT2D eigenvalue weighted by molar-refractivity contribution is -0.384. The molecule has 0 aliphatic rings. The highest BCUT2D eigenvalue weighted by molar-refractivity contribution is 7.87. The minimum absolute atomic E-state index is 0.0498. The lowest BCUT2D eigenvalue weighted by Crippen LogP contribution is -2.16. The molecule has 4 aromatic rings. The molecule has 1 N–H and O–H groups in total. The Hall–Kier alpha value is -4.47. The molecule has 16 heteroatoms. The molecule has 0 saturated carbocycles. The number of non-ortho nitro benzene ring substituents is 1. The topological polar surface area (TPSA) is 132 Å². The third kappa shape index (κ3) is 5.29. The van der Waals surface area contributed by atoms with E-state index in [1.54, 1.807) is 0 Å². The first-order valence-electron chi connectivity index (χ1n) is 10.1. The van der Waals surface area contributed by atoms with Crippen molar-refractivity contribution in [2.45, 2.75) is 17.2 Å². The molecule has 3 aromatic carbocycles. The number of nitrogens with one attached hydrogen (secondary N) is 1. The highest BCUT2D eigenvalue weighted by Crippen LogP contribution is 2.39. The van der Waals surface area contributed by atoms with Crippen molar-refractivity contribution in [2.75, 3.05) is 0 Å². The van der Waals surface area contributed by atoms with E-state index >= 15 is 0 Å². The number of halogens is 6. The fourth-order valence-electron chi connectivity index (χ4n) is 3.34. The van der Waals surface area contributed by atoms with Gasteiger partial charge in [0, 0.05) is 12.1 Å². The first-order valence-corrected chi connectivity index (χ1v) is 11.5. The average Bonchev–Trinajstić information content (AvgIpc) is 2.82. The van der Waals surface area contributed by atoms with Gasteiger partial charge in [-0.25, -0.2) is 4.98 Å². The summed E-state index contributed by atoms with van der Waals surface area (Å²) in [5.74, 6) is -1.18. The maximum absolute atomic E-state index is 13.2. The minimum Gasteiger partial charge on any atom is -0.378 e. The molecule has 0 radical (unpaired) electrons. The lowest BCUT2D eigenvalue weighted by atomic mass is 10.1. The quantitative estimate of drug-likeness (QED) is 0.152. The summed E-state index contributed by atoms with van der Waals surface area (Å²) in [4.78, 5) is 27.8. The summed E-state index contributed by atoms with van der Waals surface area (Å²) in [5.41, 5.74) is -5.52. The highest BCUT2D eigenvalue weighted by atomic mass is 32.2. The van der Waals surface area contributed by atoms with E-state index in [0.717, 1.165) is 18.2 Å². The molecule has 0 bridgehead atoms. The number of nitro benzene ring substituents is 1. The summed E-state index contributed by atoms with van der Waals surface area (Å²) < 4.78 is 110. The molecule has 1 heterocycles. The summed E-state index contributed by atoms with van der Waals surface area (Å²) in [6.07, 6.45) is -10.7. The summed E-state index contributed by atoms with van der Waals surface area (Å²) in [6, 6.07) is 7.79. The van der Waals surface area contributed by atoms with Gasteiger partial charge in [0.2, 0.25) is 0 Å². The van der Waals surface area contributed by atoms with Gasteiger partial charge in [-0.05, 0) is 36.4 Å². The minimum atomic E-state index is -5.38. The van der Waals surface area contributed by atoms with Crippen molar-refractivity contribution in [1.29, 1.82) is 0 Å². The second-order valence-corrected chi connectivity index (χ2v) is 9.19. The lowest BCUT2D eigenvalue weighted by Gasteiger charge is -2.15. The molecule has 0 saturated heterocycles. The molecule has 0 aliphatic carbocycles. The molecule has 4 rings (SSSR count). The molecule has 198 valence electrons. The van der Waals surface area contributed by atoms with E-state index in [9.17, 15) is 49.7 Å². The van der Waals surface area contributed by atoms with Crippen molar-refractivity contribution in [3.8, 4) is 17.1 Å². The second kappa shape index (κ2) is 9.13. The molecule has 0 spiro atoms. The third-order valence-electron chi connectivity index (χ3n) is 5.09. The van der Waals surface area contributed by atoms with Crippen molar-refractivity contribution in [1.82, 2.24) is 9.97 Å². The number of benzene rings is 3. The number of aromatic amines is 1. The fraction of sp³-hybridized carbons (Fsp3) is 0.0909. The zero-order valence-corrected chi connectivity index (χ0v) is 19.1. The largest absolute Gasteiger partial charge is 0.416 e. The zero-order valence-electron chi connectivity index (χ0n) is 18.3. The molecule has 0 unspecified atom stereocenters. The Kier molecular flexibility index (Phi) is 6.39. The van der Waals surface area contributed by atoms with Gasteiger partial charge >= 0.3 is 22.5 Å². The van der Waals surface area contributed by atoms with Gasteiger partial charge in [0.15, 0.2) is 5.75 Å². The van der Waals surface area contributed by atoms with Gasteiger partial charge in [0.25, 0.3) is 11.2 Å². The van der Waals surface area contributed by atoms with Gasteiger partial charge in [0.1, 0.15) is 10.7 Å². The van der Waals surface area contributed by atoms with Crippen LogP contribution in [-0.2, 0) is 22.5 Å². The number of fused-ring (bicyclic) bond motifs is 1. The number of alkyl halides is 6. The predicted octanol–water partition coefficient (Wildman–Crippen LogP) is 5.30. The van der Waals surface area contributed by atoms with Crippen molar-refractivity contribution < 1.29 is 43.9 Å². The van der Waals surface area contributed by atoms with Crippen LogP contribution in [-0.4, -0.2) is 23.3 Å². The molecule has 9 nitrogen and oxygen atoms in total. The SMILES string of the molecule is O=c1[nH]c(-c2cc([N+](=O)[O-])ccc2OS(=O)(=O)c2cc(C(F)(F)F)cc(C(F)(F)F)c2)nc2ccccc12. The molecular formula is C22H11F6N3O6S. The predicted molar refractivity (Wildman–Crippen MR) is 119 cm³/mol. The van der Waals surface area contributed by atoms with Gasteiger partial charge in [-0.3, -0.25) is 14.9 Å². The molecule has 0 aliphatic heterocycles. The second-order valence-electron chi connectivity index (χ2n) is 7.65. The summed E-state index contributed by atoms with van der Waals surface area (Å²) in [6.45, 7) is 0. The molecule has 38 heavy (non-hydrogen) atoms. The van der Waals surface area contributed by atoms with E-state index in [1.165, 1.54) is 24.3 Å². The maximum atomic E-state index is 13.2. The van der Waals surface area contributed by atoms with Crippen LogP contribution in [0.1, 0.15) is 11.1 Å². The standard InChI is InChI=1S/C22H11F6N3O6S/c23-21(24,25)11-7-12(22(26,27)28)9-14(8-11)38(35,36)37-18-6-5-13(31(33)34)10-16(18)19-29-17-4-2-1-3-15(17)20(32)30-19/h1-10H,(H,29,30,32). The Labute approximate surface area is 207 Å². The number of hydrogen-bond donors (Lipinski definition) is 1. The molecule has 0 fully saturated rings. The van der Waals surface area contributed by atoms with Gasteiger partial charge < -0.3 is 9.17 Å². The number of H-pyrrole nitrogens is 1. The van der Waals surface area contributed by atoms with Gasteiger partial charge in [-0.2, -0.15) is 34.8 Å². The third-order valence-corrected chi connectivity index (χ3v) is 6.30. The highest BCUT2D eigenvalue weighted by Gasteiger charge is 2.39. The number of hydrogen-bond acceptors (Lipinski definition) is 7. The molecular weight excluding hydrogens is 548 g/mol. The normalized spacial score (nSPS) is 12.5. The fourth-order valence-corrected chi connectivity index (χ4v) is 4.36. The van der Waals surface area contributed by atoms with E-state index < -0.39 is 71.8 Å². The Morgan fingerprint density at radius 1 is 0.895 bits per heavy atom. The van der Waals surface area contributed by atoms with Crippen LogP contribution in [0.5, 0.6) is 5.75 Å². The van der Waals surface area contributed by atoms with E-state index in [0.29, 0.717) is 0 Å². The first-order chi connectivity index (χ1) is 17.6. The molecule has 1 aromatic heterocycles. The Morgan fingerprint density at radius 3 is 2.08 bits per heavy atom.